The number of carbonyl (C=O) groups is 3. The number of methoxy groups -OCH3 is 2. The lowest BCUT2D eigenvalue weighted by Gasteiger charge is -2.35. The molecule has 5 N–H and O–H groups in total. The van der Waals surface area contributed by atoms with E-state index in [0.717, 1.165) is 22.3 Å². The average Bonchev–Trinajstić information content (AvgIpc) is 3.08. The van der Waals surface area contributed by atoms with Crippen LogP contribution in [-0.4, -0.2) is 79.2 Å². The summed E-state index contributed by atoms with van der Waals surface area (Å²) in [6, 6.07) is 19.7. The lowest BCUT2D eigenvalue weighted by molar-refractivity contribution is -0.126. The summed E-state index contributed by atoms with van der Waals surface area (Å²) in [4.78, 5) is 42.4. The molecule has 3 amide bonds. The smallest absolute Gasteiger partial charge is 0.407 e. The summed E-state index contributed by atoms with van der Waals surface area (Å²) in [5.41, 5.74) is 3.09. The molecule has 11 heteroatoms. The summed E-state index contributed by atoms with van der Waals surface area (Å²) in [5, 5.41) is 24.2. The van der Waals surface area contributed by atoms with Crippen molar-refractivity contribution in [2.24, 2.45) is 10.8 Å². The maximum Gasteiger partial charge on any atom is 0.407 e. The summed E-state index contributed by atoms with van der Waals surface area (Å²) < 4.78 is 9.69. The number of hydrogen-bond acceptors (Lipinski definition) is 8. The molecule has 11 nitrogen and oxygen atoms in total. The van der Waals surface area contributed by atoms with Crippen molar-refractivity contribution >= 4 is 18.1 Å². The predicted molar refractivity (Wildman–Crippen MR) is 195 cm³/mol. The van der Waals surface area contributed by atoms with Gasteiger partial charge in [0.1, 0.15) is 6.04 Å². The molecule has 0 unspecified atom stereocenters. The molecule has 0 saturated heterocycles. The van der Waals surface area contributed by atoms with E-state index in [1.807, 2.05) is 114 Å². The van der Waals surface area contributed by atoms with E-state index >= 15 is 0 Å². The van der Waals surface area contributed by atoms with Crippen molar-refractivity contribution in [2.45, 2.75) is 91.1 Å². The maximum atomic E-state index is 13.8. The second kappa shape index (κ2) is 18.5. The van der Waals surface area contributed by atoms with E-state index in [1.165, 1.54) is 14.2 Å². The van der Waals surface area contributed by atoms with E-state index in [1.54, 1.807) is 6.20 Å². The Bertz CT molecular complexity index is 1490. The molecule has 0 saturated carbocycles. The molecule has 1 aromatic heterocycles. The van der Waals surface area contributed by atoms with Crippen LogP contribution in [0.15, 0.2) is 79.1 Å². The summed E-state index contributed by atoms with van der Waals surface area (Å²) in [7, 11) is 2.59. The van der Waals surface area contributed by atoms with E-state index in [4.69, 9.17) is 9.47 Å². The topological polar surface area (TPSA) is 151 Å². The first-order chi connectivity index (χ1) is 23.6. The van der Waals surface area contributed by atoms with Crippen LogP contribution in [0.3, 0.4) is 0 Å². The predicted octanol–water partition coefficient (Wildman–Crippen LogP) is 5.27. The molecule has 50 heavy (non-hydrogen) atoms. The van der Waals surface area contributed by atoms with Crippen molar-refractivity contribution in [1.82, 2.24) is 26.3 Å². The summed E-state index contributed by atoms with van der Waals surface area (Å²) in [6.45, 7) is 12.0. The Morgan fingerprint density at radius 3 is 1.92 bits per heavy atom. The van der Waals surface area contributed by atoms with Gasteiger partial charge >= 0.3 is 12.2 Å². The van der Waals surface area contributed by atoms with Crippen molar-refractivity contribution in [1.29, 1.82) is 0 Å². The van der Waals surface area contributed by atoms with Gasteiger partial charge in [0.15, 0.2) is 0 Å². The number of ether oxygens (including phenoxy) is 2. The number of nitrogens with one attached hydrogen (secondary N) is 4. The average molecular weight is 690 g/mol. The fourth-order valence-corrected chi connectivity index (χ4v) is 5.69. The zero-order valence-electron chi connectivity index (χ0n) is 30.7. The first-order valence-electron chi connectivity index (χ1n) is 17.0. The van der Waals surface area contributed by atoms with E-state index in [0.29, 0.717) is 19.4 Å². The molecule has 0 radical (unpaired) electrons. The van der Waals surface area contributed by atoms with Gasteiger partial charge in [-0.15, -0.1) is 0 Å². The Labute approximate surface area is 296 Å². The molecule has 3 rings (SSSR count). The van der Waals surface area contributed by atoms with Crippen LogP contribution in [0.1, 0.15) is 59.1 Å². The van der Waals surface area contributed by atoms with Crippen LogP contribution in [-0.2, 0) is 27.1 Å². The lowest BCUT2D eigenvalue weighted by Crippen LogP contribution is -2.57. The Morgan fingerprint density at radius 1 is 0.740 bits per heavy atom. The van der Waals surface area contributed by atoms with Gasteiger partial charge in [-0.05, 0) is 58.4 Å². The van der Waals surface area contributed by atoms with Crippen LogP contribution in [0.2, 0.25) is 0 Å². The molecule has 2 aromatic carbocycles. The van der Waals surface area contributed by atoms with E-state index in [9.17, 15) is 19.5 Å². The van der Waals surface area contributed by atoms with Crippen molar-refractivity contribution in [3.63, 3.8) is 0 Å². The molecule has 0 aliphatic heterocycles. The number of aliphatic hydroxyl groups excluding tert-OH is 1. The second-order valence-corrected chi connectivity index (χ2v) is 14.8. The van der Waals surface area contributed by atoms with Crippen LogP contribution in [0.25, 0.3) is 11.1 Å². The fraction of sp³-hybridized carbons (Fsp3) is 0.487. The zero-order valence-corrected chi connectivity index (χ0v) is 30.7. The first kappa shape index (κ1) is 40.0. The Kier molecular flexibility index (Phi) is 14.8. The summed E-state index contributed by atoms with van der Waals surface area (Å²) in [5.74, 6) is -0.374. The van der Waals surface area contributed by atoms with Gasteiger partial charge in [-0.25, -0.2) is 9.59 Å². The Hall–Kier alpha value is -4.48. The van der Waals surface area contributed by atoms with Crippen LogP contribution in [0, 0.1) is 10.8 Å². The second-order valence-electron chi connectivity index (χ2n) is 14.8. The molecule has 0 aliphatic rings. The van der Waals surface area contributed by atoms with Crippen molar-refractivity contribution in [2.75, 3.05) is 20.8 Å². The highest BCUT2D eigenvalue weighted by atomic mass is 16.5. The molecule has 0 spiro atoms. The Morgan fingerprint density at radius 2 is 1.36 bits per heavy atom. The number of benzene rings is 2. The molecule has 0 bridgehead atoms. The van der Waals surface area contributed by atoms with Crippen molar-refractivity contribution in [3.8, 4) is 11.1 Å². The van der Waals surface area contributed by atoms with Crippen LogP contribution < -0.4 is 21.3 Å². The van der Waals surface area contributed by atoms with Crippen LogP contribution >= 0.6 is 0 Å². The van der Waals surface area contributed by atoms with Gasteiger partial charge in [0, 0.05) is 37.1 Å². The minimum absolute atomic E-state index is 0.214. The molecule has 5 atom stereocenters. The molecule has 1 heterocycles. The highest BCUT2D eigenvalue weighted by Gasteiger charge is 2.35. The minimum atomic E-state index is -0.914. The third-order valence-corrected chi connectivity index (χ3v) is 8.75. The first-order valence-corrected chi connectivity index (χ1v) is 17.0. The molecule has 0 fully saturated rings. The number of carbonyl (C=O) groups excluding carboxylic acids is 3. The molecule has 272 valence electrons. The SMILES string of the molecule is COC(=O)N[C@H](C(=O)N[C@@H](Cc1ccccc1)C[C@H](O)[C@H](Cc1ccc(-c2cccnc2)cc1)NC[C@@H](NC(=O)OC)C(C)(C)C)C(C)(C)C. The molecule has 0 aliphatic carbocycles. The van der Waals surface area contributed by atoms with Crippen LogP contribution in [0.5, 0.6) is 0 Å². The van der Waals surface area contributed by atoms with Crippen molar-refractivity contribution < 1.29 is 29.0 Å². The lowest BCUT2D eigenvalue weighted by atomic mass is 9.85. The van der Waals surface area contributed by atoms with Gasteiger partial charge < -0.3 is 35.8 Å². The number of aliphatic hydroxyl groups is 1. The summed E-state index contributed by atoms with van der Waals surface area (Å²) in [6.07, 6.45) is 2.55. The number of alkyl carbamates (subject to hydrolysis) is 2. The number of nitrogens with zero attached hydrogens (tertiary/aromatic N) is 1. The number of rotatable bonds is 15. The maximum absolute atomic E-state index is 13.8. The van der Waals surface area contributed by atoms with E-state index in [2.05, 4.69) is 26.3 Å². The number of hydrogen-bond donors (Lipinski definition) is 5. The number of amides is 3. The van der Waals surface area contributed by atoms with Gasteiger partial charge in [-0.1, -0.05) is 102 Å². The molecular formula is C39H55N5O6. The van der Waals surface area contributed by atoms with Gasteiger partial charge in [0.25, 0.3) is 0 Å². The normalized spacial score (nSPS) is 14.7. The van der Waals surface area contributed by atoms with Gasteiger partial charge in [0.05, 0.1) is 20.3 Å². The van der Waals surface area contributed by atoms with E-state index in [-0.39, 0.29) is 23.8 Å². The van der Waals surface area contributed by atoms with Gasteiger partial charge in [0.2, 0.25) is 5.91 Å². The third-order valence-electron chi connectivity index (χ3n) is 8.75. The van der Waals surface area contributed by atoms with Crippen LogP contribution in [0.4, 0.5) is 9.59 Å². The standard InChI is InChI=1S/C39H55N5O6/c1-38(2,3)33(43-36(47)49-7)25-41-31(22-27-16-18-28(19-17-27)29-15-12-20-40-24-29)32(45)23-30(21-26-13-10-9-11-14-26)42-35(46)34(39(4,5)6)44-37(48)50-8/h9-20,24,30-34,41,45H,21-23,25H2,1-8H3,(H,42,46)(H,43,47)(H,44,48)/t30-,31-,32-,33+,34+/m0/s1. The van der Waals surface area contributed by atoms with Crippen molar-refractivity contribution in [3.05, 3.63) is 90.3 Å². The molecular weight excluding hydrogens is 634 g/mol. The quantitative estimate of drug-likeness (QED) is 0.145. The highest BCUT2D eigenvalue weighted by Crippen LogP contribution is 2.23. The zero-order chi connectivity index (χ0) is 36.9. The fourth-order valence-electron chi connectivity index (χ4n) is 5.69. The van der Waals surface area contributed by atoms with Gasteiger partial charge in [-0.2, -0.15) is 0 Å². The monoisotopic (exact) mass is 689 g/mol. The van der Waals surface area contributed by atoms with Gasteiger partial charge in [-0.3, -0.25) is 9.78 Å². The third kappa shape index (κ3) is 12.8. The number of pyridine rings is 1. The molecule has 3 aromatic rings. The largest absolute Gasteiger partial charge is 0.453 e. The minimum Gasteiger partial charge on any atom is -0.453 e. The number of aromatic nitrogens is 1. The Balaban J connectivity index is 1.91. The highest BCUT2D eigenvalue weighted by molar-refractivity contribution is 5.86. The van der Waals surface area contributed by atoms with E-state index < -0.39 is 41.8 Å². The summed E-state index contributed by atoms with van der Waals surface area (Å²) >= 11 is 0.